The highest BCUT2D eigenvalue weighted by Gasteiger charge is 2.24. The molecule has 0 saturated carbocycles. The van der Waals surface area contributed by atoms with Gasteiger partial charge in [0.2, 0.25) is 0 Å². The van der Waals surface area contributed by atoms with E-state index in [1.54, 1.807) is 0 Å². The summed E-state index contributed by atoms with van der Waals surface area (Å²) in [4.78, 5) is 23.8. The molecule has 1 fully saturated rings. The average molecular weight is 305 g/mol. The molecule has 21 heavy (non-hydrogen) atoms. The molecule has 1 atom stereocenters. The lowest BCUT2D eigenvalue weighted by Crippen LogP contribution is -2.38. The fourth-order valence-electron chi connectivity index (χ4n) is 2.56. The van der Waals surface area contributed by atoms with E-state index in [0.29, 0.717) is 12.4 Å². The quantitative estimate of drug-likeness (QED) is 0.942. The van der Waals surface area contributed by atoms with Crippen LogP contribution in [-0.2, 0) is 11.3 Å². The Morgan fingerprint density at radius 2 is 2.33 bits per heavy atom. The first-order valence-corrected chi connectivity index (χ1v) is 7.89. The van der Waals surface area contributed by atoms with Gasteiger partial charge in [0.05, 0.1) is 6.61 Å². The van der Waals surface area contributed by atoms with Gasteiger partial charge in [0.15, 0.2) is 0 Å². The molecule has 0 radical (unpaired) electrons. The number of aromatic amines is 1. The minimum atomic E-state index is -0.160. The second kappa shape index (κ2) is 6.09. The molecule has 0 bridgehead atoms. The molecule has 2 aromatic rings. The Labute approximate surface area is 127 Å². The summed E-state index contributed by atoms with van der Waals surface area (Å²) in [5.74, 6) is 0.632. The number of rotatable bonds is 3. The number of morpholine rings is 1. The van der Waals surface area contributed by atoms with Crippen molar-refractivity contribution in [3.05, 3.63) is 49.8 Å². The van der Waals surface area contributed by atoms with Gasteiger partial charge in [-0.25, -0.2) is 4.98 Å². The highest BCUT2D eigenvalue weighted by molar-refractivity contribution is 7.11. The molecule has 0 aliphatic carbocycles. The van der Waals surface area contributed by atoms with E-state index in [2.05, 4.69) is 33.9 Å². The molecule has 0 aromatic carbocycles. The average Bonchev–Trinajstić information content (AvgIpc) is 2.83. The highest BCUT2D eigenvalue weighted by atomic mass is 32.1. The van der Waals surface area contributed by atoms with Gasteiger partial charge in [-0.15, -0.1) is 11.3 Å². The number of aromatic nitrogens is 2. The van der Waals surface area contributed by atoms with E-state index < -0.39 is 0 Å². The van der Waals surface area contributed by atoms with Gasteiger partial charge in [0, 0.05) is 41.1 Å². The number of thiophene rings is 1. The second-order valence-electron chi connectivity index (χ2n) is 5.38. The standard InChI is InChI=1S/C15H19N3O2S/c1-10-7-14(19)17-15(16-10)13-9-18(5-6-20-13)8-12-4-3-11(2)21-12/h3-4,7,13H,5-6,8-9H2,1-2H3,(H,16,17,19)/t13-/m0/s1. The van der Waals surface area contributed by atoms with E-state index in [-0.39, 0.29) is 11.7 Å². The SMILES string of the molecule is Cc1cc(=O)[nH]c([C@@H]2CN(Cc3ccc(C)s3)CCO2)n1. The smallest absolute Gasteiger partial charge is 0.251 e. The van der Waals surface area contributed by atoms with Gasteiger partial charge in [-0.3, -0.25) is 9.69 Å². The van der Waals surface area contributed by atoms with Crippen molar-refractivity contribution in [3.63, 3.8) is 0 Å². The Hall–Kier alpha value is -1.50. The number of hydrogen-bond donors (Lipinski definition) is 1. The van der Waals surface area contributed by atoms with E-state index in [9.17, 15) is 4.79 Å². The van der Waals surface area contributed by atoms with Gasteiger partial charge in [-0.05, 0) is 26.0 Å². The van der Waals surface area contributed by atoms with Crippen molar-refractivity contribution in [3.8, 4) is 0 Å². The molecule has 0 amide bonds. The Morgan fingerprint density at radius 3 is 3.05 bits per heavy atom. The first-order chi connectivity index (χ1) is 10.1. The number of H-pyrrole nitrogens is 1. The predicted molar refractivity (Wildman–Crippen MR) is 82.6 cm³/mol. The fraction of sp³-hybridized carbons (Fsp3) is 0.467. The van der Waals surface area contributed by atoms with E-state index in [1.807, 2.05) is 18.3 Å². The van der Waals surface area contributed by atoms with Crippen LogP contribution in [0.1, 0.15) is 27.4 Å². The molecule has 1 aliphatic rings. The maximum atomic E-state index is 11.6. The van der Waals surface area contributed by atoms with Crippen LogP contribution in [-0.4, -0.2) is 34.6 Å². The van der Waals surface area contributed by atoms with Gasteiger partial charge >= 0.3 is 0 Å². The maximum absolute atomic E-state index is 11.6. The molecule has 112 valence electrons. The summed E-state index contributed by atoms with van der Waals surface area (Å²) < 4.78 is 5.78. The minimum absolute atomic E-state index is 0.118. The van der Waals surface area contributed by atoms with Gasteiger partial charge in [-0.2, -0.15) is 0 Å². The van der Waals surface area contributed by atoms with Crippen molar-refractivity contribution in [2.45, 2.75) is 26.5 Å². The van der Waals surface area contributed by atoms with Crippen LogP contribution < -0.4 is 5.56 Å². The Morgan fingerprint density at radius 1 is 1.48 bits per heavy atom. The van der Waals surface area contributed by atoms with Crippen LogP contribution in [0.3, 0.4) is 0 Å². The van der Waals surface area contributed by atoms with E-state index in [4.69, 9.17) is 4.74 Å². The molecule has 0 unspecified atom stereocenters. The summed E-state index contributed by atoms with van der Waals surface area (Å²) in [6.07, 6.45) is -0.160. The normalized spacial score (nSPS) is 19.8. The number of nitrogens with zero attached hydrogens (tertiary/aromatic N) is 2. The Kier molecular flexibility index (Phi) is 4.19. The van der Waals surface area contributed by atoms with E-state index in [0.717, 1.165) is 25.3 Å². The number of aryl methyl sites for hydroxylation is 2. The van der Waals surface area contributed by atoms with Crippen LogP contribution in [0.5, 0.6) is 0 Å². The molecule has 1 saturated heterocycles. The first-order valence-electron chi connectivity index (χ1n) is 7.07. The molecular weight excluding hydrogens is 286 g/mol. The van der Waals surface area contributed by atoms with E-state index >= 15 is 0 Å². The van der Waals surface area contributed by atoms with Crippen molar-refractivity contribution in [1.29, 1.82) is 0 Å². The monoisotopic (exact) mass is 305 g/mol. The third-order valence-electron chi connectivity index (χ3n) is 3.52. The Balaban J connectivity index is 1.71. The summed E-state index contributed by atoms with van der Waals surface area (Å²) in [5.41, 5.74) is 0.607. The molecule has 3 rings (SSSR count). The molecule has 0 spiro atoms. The maximum Gasteiger partial charge on any atom is 0.251 e. The molecule has 6 heteroatoms. The van der Waals surface area contributed by atoms with Gasteiger partial charge in [-0.1, -0.05) is 0 Å². The highest BCUT2D eigenvalue weighted by Crippen LogP contribution is 2.22. The van der Waals surface area contributed by atoms with Crippen molar-refractivity contribution < 1.29 is 4.74 Å². The molecule has 2 aromatic heterocycles. The summed E-state index contributed by atoms with van der Waals surface area (Å²) >= 11 is 1.83. The number of ether oxygens (including phenoxy) is 1. The summed E-state index contributed by atoms with van der Waals surface area (Å²) in [5, 5.41) is 0. The fourth-order valence-corrected chi connectivity index (χ4v) is 3.49. The zero-order valence-corrected chi connectivity index (χ0v) is 13.1. The third kappa shape index (κ3) is 3.58. The lowest BCUT2D eigenvalue weighted by atomic mass is 10.2. The van der Waals surface area contributed by atoms with Crippen molar-refractivity contribution in [2.75, 3.05) is 19.7 Å². The number of nitrogens with one attached hydrogen (secondary N) is 1. The molecule has 3 heterocycles. The van der Waals surface area contributed by atoms with Crippen LogP contribution in [0.2, 0.25) is 0 Å². The predicted octanol–water partition coefficient (Wildman–Crippen LogP) is 2.02. The van der Waals surface area contributed by atoms with Gasteiger partial charge in [0.25, 0.3) is 5.56 Å². The molecule has 1 aliphatic heterocycles. The largest absolute Gasteiger partial charge is 0.368 e. The van der Waals surface area contributed by atoms with Gasteiger partial charge < -0.3 is 9.72 Å². The van der Waals surface area contributed by atoms with Gasteiger partial charge in [0.1, 0.15) is 11.9 Å². The van der Waals surface area contributed by atoms with Crippen LogP contribution in [0.25, 0.3) is 0 Å². The lowest BCUT2D eigenvalue weighted by Gasteiger charge is -2.32. The minimum Gasteiger partial charge on any atom is -0.368 e. The second-order valence-corrected chi connectivity index (χ2v) is 6.75. The van der Waals surface area contributed by atoms with Crippen LogP contribution >= 0.6 is 11.3 Å². The first kappa shape index (κ1) is 14.4. The van der Waals surface area contributed by atoms with Crippen LogP contribution in [0, 0.1) is 13.8 Å². The summed E-state index contributed by atoms with van der Waals surface area (Å²) in [6.45, 7) is 7.19. The van der Waals surface area contributed by atoms with Crippen molar-refractivity contribution in [2.24, 2.45) is 0 Å². The van der Waals surface area contributed by atoms with Crippen LogP contribution in [0.15, 0.2) is 23.0 Å². The van der Waals surface area contributed by atoms with Crippen molar-refractivity contribution >= 4 is 11.3 Å². The molecule has 5 nitrogen and oxygen atoms in total. The topological polar surface area (TPSA) is 58.2 Å². The molecule has 1 N–H and O–H groups in total. The zero-order valence-electron chi connectivity index (χ0n) is 12.3. The van der Waals surface area contributed by atoms with Crippen LogP contribution in [0.4, 0.5) is 0 Å². The van der Waals surface area contributed by atoms with E-state index in [1.165, 1.54) is 15.8 Å². The van der Waals surface area contributed by atoms with Crippen molar-refractivity contribution in [1.82, 2.24) is 14.9 Å². The summed E-state index contributed by atoms with van der Waals surface area (Å²) in [7, 11) is 0. The Bertz CT molecular complexity index is 680. The number of hydrogen-bond acceptors (Lipinski definition) is 5. The summed E-state index contributed by atoms with van der Waals surface area (Å²) in [6, 6.07) is 5.83. The lowest BCUT2D eigenvalue weighted by molar-refractivity contribution is -0.0371. The molecular formula is C15H19N3O2S. The zero-order chi connectivity index (χ0) is 14.8. The third-order valence-corrected chi connectivity index (χ3v) is 4.50.